The van der Waals surface area contributed by atoms with Gasteiger partial charge in [0.05, 0.1) is 6.33 Å². The zero-order valence-electron chi connectivity index (χ0n) is 14.5. The first-order valence-corrected chi connectivity index (χ1v) is 8.91. The first-order chi connectivity index (χ1) is 12.0. The lowest BCUT2D eigenvalue weighted by Crippen LogP contribution is -2.44. The van der Waals surface area contributed by atoms with Crippen LogP contribution in [0.15, 0.2) is 73.1 Å². The molecule has 0 amide bonds. The third-order valence-corrected chi connectivity index (χ3v) is 4.55. The van der Waals surface area contributed by atoms with Gasteiger partial charge in [0.2, 0.25) is 6.71 Å². The summed E-state index contributed by atoms with van der Waals surface area (Å²) in [6.07, 6.45) is 4.57. The number of aryl methyl sites for hydroxylation is 1. The zero-order valence-corrected chi connectivity index (χ0v) is 16.0. The van der Waals surface area contributed by atoms with Crippen LogP contribution in [0.5, 0.6) is 0 Å². The average molecular weight is 371 g/mol. The molecule has 2 nitrogen and oxygen atoms in total. The molecule has 0 fully saturated rings. The average Bonchev–Trinajstić information content (AvgIpc) is 3.12. The van der Waals surface area contributed by atoms with Crippen molar-refractivity contribution in [1.29, 1.82) is 0 Å². The highest BCUT2D eigenvalue weighted by Gasteiger charge is 2.24. The minimum absolute atomic E-state index is 0.0346. The molecule has 1 aromatic heterocycles. The largest absolute Gasteiger partial charge is 0.349 e. The second kappa shape index (κ2) is 9.50. The number of nitrogens with one attached hydrogen (secondary N) is 1. The molecular weight excluding hydrogens is 350 g/mol. The van der Waals surface area contributed by atoms with Gasteiger partial charge in [-0.25, -0.2) is 4.98 Å². The van der Waals surface area contributed by atoms with E-state index in [0.717, 1.165) is 32.9 Å². The highest BCUT2D eigenvalue weighted by Crippen LogP contribution is 2.13. The van der Waals surface area contributed by atoms with Gasteiger partial charge in [-0.2, -0.15) is 0 Å². The molecule has 0 spiro atoms. The van der Waals surface area contributed by atoms with Gasteiger partial charge >= 0.3 is 0 Å². The Morgan fingerprint density at radius 3 is 1.88 bits per heavy atom. The molecule has 0 radical (unpaired) electrons. The van der Waals surface area contributed by atoms with Gasteiger partial charge in [-0.3, -0.25) is 0 Å². The van der Waals surface area contributed by atoms with Crippen molar-refractivity contribution in [3.05, 3.63) is 88.8 Å². The van der Waals surface area contributed by atoms with Crippen LogP contribution in [0.4, 0.5) is 0 Å². The number of H-pyrrole nitrogens is 1. The Balaban J connectivity index is 0.000000269. The van der Waals surface area contributed by atoms with Crippen molar-refractivity contribution in [1.82, 2.24) is 9.97 Å². The predicted octanol–water partition coefficient (Wildman–Crippen LogP) is 4.69. The highest BCUT2D eigenvalue weighted by molar-refractivity contribution is 6.93. The Morgan fingerprint density at radius 2 is 1.56 bits per heavy atom. The summed E-state index contributed by atoms with van der Waals surface area (Å²) < 4.78 is 0. The van der Waals surface area contributed by atoms with Gasteiger partial charge in [-0.05, 0) is 18.6 Å². The Labute approximate surface area is 160 Å². The number of aromatic amines is 1. The fraction of sp³-hybridized carbons (Fsp3) is 0.150. The van der Waals surface area contributed by atoms with E-state index in [2.05, 4.69) is 23.5 Å². The van der Waals surface area contributed by atoms with Crippen LogP contribution in [-0.2, 0) is 6.42 Å². The minimum atomic E-state index is 0.0346. The molecule has 25 heavy (non-hydrogen) atoms. The lowest BCUT2D eigenvalue weighted by molar-refractivity contribution is 1.06. The summed E-state index contributed by atoms with van der Waals surface area (Å²) in [7, 11) is 0. The van der Waals surface area contributed by atoms with Crippen molar-refractivity contribution in [2.45, 2.75) is 20.3 Å². The predicted molar refractivity (Wildman–Crippen MR) is 111 cm³/mol. The van der Waals surface area contributed by atoms with Crippen molar-refractivity contribution in [2.24, 2.45) is 0 Å². The van der Waals surface area contributed by atoms with Crippen LogP contribution in [0.2, 0.25) is 10.0 Å². The first-order valence-electron chi connectivity index (χ1n) is 8.16. The molecule has 5 heteroatoms. The highest BCUT2D eigenvalue weighted by atomic mass is 35.5. The molecule has 0 atom stereocenters. The first kappa shape index (κ1) is 19.4. The molecule has 0 bridgehead atoms. The van der Waals surface area contributed by atoms with Gasteiger partial charge in [-0.1, -0.05) is 84.4 Å². The number of hydrogen-bond donors (Lipinski definition) is 1. The SMILES string of the molecule is C=C(C)B(c1ccccc1Cl)c1ccccc1Cl.CCc1cnc[nH]1. The molecule has 0 saturated heterocycles. The number of nitrogens with zero attached hydrogens (tertiary/aromatic N) is 1. The Kier molecular flexibility index (Phi) is 7.36. The number of imidazole rings is 1. The third kappa shape index (κ3) is 5.25. The number of hydrogen-bond acceptors (Lipinski definition) is 1. The summed E-state index contributed by atoms with van der Waals surface area (Å²) in [4.78, 5) is 6.81. The Morgan fingerprint density at radius 1 is 1.04 bits per heavy atom. The number of halogens is 2. The summed E-state index contributed by atoms with van der Waals surface area (Å²) in [5.41, 5.74) is 4.30. The summed E-state index contributed by atoms with van der Waals surface area (Å²) >= 11 is 12.6. The molecule has 0 unspecified atom stereocenters. The fourth-order valence-corrected chi connectivity index (χ4v) is 3.08. The second-order valence-electron chi connectivity index (χ2n) is 5.75. The van der Waals surface area contributed by atoms with Gasteiger partial charge in [0.15, 0.2) is 0 Å². The fourth-order valence-electron chi connectivity index (χ4n) is 2.59. The van der Waals surface area contributed by atoms with Crippen molar-refractivity contribution < 1.29 is 0 Å². The van der Waals surface area contributed by atoms with Crippen LogP contribution < -0.4 is 10.9 Å². The van der Waals surface area contributed by atoms with Gasteiger partial charge in [0.25, 0.3) is 0 Å². The van der Waals surface area contributed by atoms with E-state index in [1.165, 1.54) is 5.69 Å². The van der Waals surface area contributed by atoms with Crippen molar-refractivity contribution in [3.63, 3.8) is 0 Å². The van der Waals surface area contributed by atoms with Crippen molar-refractivity contribution in [3.8, 4) is 0 Å². The van der Waals surface area contributed by atoms with Crippen molar-refractivity contribution in [2.75, 3.05) is 0 Å². The van der Waals surface area contributed by atoms with Crippen molar-refractivity contribution >= 4 is 40.8 Å². The Hall–Kier alpha value is -1.97. The lowest BCUT2D eigenvalue weighted by Gasteiger charge is -2.17. The maximum absolute atomic E-state index is 6.28. The van der Waals surface area contributed by atoms with E-state index in [1.807, 2.05) is 61.7 Å². The van der Waals surface area contributed by atoms with E-state index in [0.29, 0.717) is 0 Å². The van der Waals surface area contributed by atoms with Crippen LogP contribution >= 0.6 is 23.2 Å². The standard InChI is InChI=1S/C15H13BCl2.C5H8N2/c1-11(2)16(12-7-3-5-9-14(12)17)13-8-4-6-10-15(13)18;1-2-5-3-6-4-7-5/h3-10H,1H2,2H3;3-4H,2H2,1H3,(H,6,7). The van der Waals surface area contributed by atoms with Crippen LogP contribution in [0.25, 0.3) is 0 Å². The minimum Gasteiger partial charge on any atom is -0.349 e. The number of benzene rings is 2. The summed E-state index contributed by atoms with van der Waals surface area (Å²) in [5, 5.41) is 1.48. The second-order valence-corrected chi connectivity index (χ2v) is 6.57. The van der Waals surface area contributed by atoms with E-state index in [-0.39, 0.29) is 6.71 Å². The lowest BCUT2D eigenvalue weighted by atomic mass is 9.37. The van der Waals surface area contributed by atoms with Crippen LogP contribution in [0, 0.1) is 0 Å². The molecule has 0 aliphatic rings. The van der Waals surface area contributed by atoms with E-state index in [4.69, 9.17) is 23.2 Å². The smallest absolute Gasteiger partial charge is 0.240 e. The molecule has 128 valence electrons. The molecule has 1 N–H and O–H groups in total. The Bertz CT molecular complexity index is 771. The van der Waals surface area contributed by atoms with Gasteiger partial charge < -0.3 is 4.98 Å². The van der Waals surface area contributed by atoms with Gasteiger partial charge in [-0.15, -0.1) is 12.1 Å². The molecule has 0 saturated carbocycles. The third-order valence-electron chi connectivity index (χ3n) is 3.86. The number of aromatic nitrogens is 2. The van der Waals surface area contributed by atoms with Gasteiger partial charge in [0.1, 0.15) is 0 Å². The topological polar surface area (TPSA) is 28.7 Å². The number of allylic oxidation sites excluding steroid dienone is 1. The maximum Gasteiger partial charge on any atom is 0.240 e. The van der Waals surface area contributed by atoms with E-state index in [1.54, 1.807) is 6.33 Å². The molecule has 0 aliphatic heterocycles. The molecule has 0 aliphatic carbocycles. The molecular formula is C20H21BCl2N2. The molecule has 2 aromatic carbocycles. The quantitative estimate of drug-likeness (QED) is 0.663. The molecule has 1 heterocycles. The molecule has 3 aromatic rings. The zero-order chi connectivity index (χ0) is 18.2. The normalized spacial score (nSPS) is 9.92. The number of rotatable bonds is 4. The van der Waals surface area contributed by atoms with E-state index in [9.17, 15) is 0 Å². The van der Waals surface area contributed by atoms with E-state index < -0.39 is 0 Å². The van der Waals surface area contributed by atoms with Crippen LogP contribution in [0.3, 0.4) is 0 Å². The van der Waals surface area contributed by atoms with E-state index >= 15 is 0 Å². The van der Waals surface area contributed by atoms with Gasteiger partial charge in [0, 0.05) is 21.9 Å². The molecule has 3 rings (SSSR count). The summed E-state index contributed by atoms with van der Waals surface area (Å²) in [6, 6.07) is 15.6. The summed E-state index contributed by atoms with van der Waals surface area (Å²) in [6.45, 7) is 8.20. The van der Waals surface area contributed by atoms with Crippen LogP contribution in [-0.4, -0.2) is 16.7 Å². The maximum atomic E-state index is 6.28. The van der Waals surface area contributed by atoms with Crippen LogP contribution in [0.1, 0.15) is 19.5 Å². The monoisotopic (exact) mass is 370 g/mol. The summed E-state index contributed by atoms with van der Waals surface area (Å²) in [5.74, 6) is 0.